The molecule has 29 heavy (non-hydrogen) atoms. The van der Waals surface area contributed by atoms with Crippen molar-refractivity contribution in [3.05, 3.63) is 101 Å². The van der Waals surface area contributed by atoms with Crippen LogP contribution in [-0.2, 0) is 9.85 Å². The van der Waals surface area contributed by atoms with Gasteiger partial charge >= 0.3 is 7.37 Å². The number of benzene rings is 4. The zero-order chi connectivity index (χ0) is 20.1. The van der Waals surface area contributed by atoms with Gasteiger partial charge in [-0.3, -0.25) is 4.57 Å². The molecule has 1 aliphatic heterocycles. The average molecular weight is 464 g/mol. The first-order valence-corrected chi connectivity index (χ1v) is 11.8. The van der Waals surface area contributed by atoms with Crippen LogP contribution < -0.4 is 15.1 Å². The lowest BCUT2D eigenvalue weighted by Gasteiger charge is -2.32. The minimum Gasteiger partial charge on any atom is -0.437 e. The molecule has 0 aromatic heterocycles. The second-order valence-electron chi connectivity index (χ2n) is 7.35. The number of anilines is 1. The zero-order valence-electron chi connectivity index (χ0n) is 15.8. The summed E-state index contributed by atoms with van der Waals surface area (Å²) in [6.07, 6.45) is 0. The van der Waals surface area contributed by atoms with E-state index in [0.29, 0.717) is 11.1 Å². The van der Waals surface area contributed by atoms with Gasteiger partial charge in [-0.15, -0.1) is 0 Å². The summed E-state index contributed by atoms with van der Waals surface area (Å²) in [7, 11) is -3.33. The molecule has 0 fully saturated rings. The van der Waals surface area contributed by atoms with E-state index in [9.17, 15) is 4.57 Å². The summed E-state index contributed by atoms with van der Waals surface area (Å²) in [5, 5.41) is 5.39. The van der Waals surface area contributed by atoms with Gasteiger partial charge in [-0.1, -0.05) is 70.5 Å². The molecule has 4 aromatic rings. The summed E-state index contributed by atoms with van der Waals surface area (Å²) in [5.41, 5.74) is 1.79. The van der Waals surface area contributed by atoms with Gasteiger partial charge in [0.15, 0.2) is 5.28 Å². The van der Waals surface area contributed by atoms with Gasteiger partial charge < -0.3 is 9.84 Å². The molecule has 2 atom stereocenters. The van der Waals surface area contributed by atoms with E-state index in [1.54, 1.807) is 0 Å². The summed E-state index contributed by atoms with van der Waals surface area (Å²) in [5.74, 6) is 0.697. The Kier molecular flexibility index (Phi) is 4.31. The molecule has 144 valence electrons. The molecule has 3 nitrogen and oxygen atoms in total. The van der Waals surface area contributed by atoms with Crippen molar-refractivity contribution in [3.8, 4) is 5.75 Å². The summed E-state index contributed by atoms with van der Waals surface area (Å²) in [6, 6.07) is 29.5. The first-order valence-electron chi connectivity index (χ1n) is 9.43. The van der Waals surface area contributed by atoms with Gasteiger partial charge in [0.2, 0.25) is 0 Å². The zero-order valence-corrected chi connectivity index (χ0v) is 18.3. The minimum absolute atomic E-state index is 0.697. The first kappa shape index (κ1) is 18.5. The molecule has 0 saturated carbocycles. The summed E-state index contributed by atoms with van der Waals surface area (Å²) < 4.78 is 21.9. The normalized spacial score (nSPS) is 22.8. The average Bonchev–Trinajstić information content (AvgIpc) is 2.98. The molecule has 0 aliphatic carbocycles. The van der Waals surface area contributed by atoms with Crippen LogP contribution in [0.25, 0.3) is 10.8 Å². The van der Waals surface area contributed by atoms with Crippen molar-refractivity contribution in [2.45, 2.75) is 12.2 Å². The van der Waals surface area contributed by atoms with Crippen molar-refractivity contribution >= 4 is 45.1 Å². The van der Waals surface area contributed by atoms with E-state index < -0.39 is 12.6 Å². The second kappa shape index (κ2) is 6.76. The van der Waals surface area contributed by atoms with Gasteiger partial charge in [0, 0.05) is 21.1 Å². The lowest BCUT2D eigenvalue weighted by molar-refractivity contribution is 0.490. The van der Waals surface area contributed by atoms with Crippen LogP contribution in [0.5, 0.6) is 5.75 Å². The van der Waals surface area contributed by atoms with Gasteiger partial charge in [-0.25, -0.2) is 0 Å². The van der Waals surface area contributed by atoms with Gasteiger partial charge in [-0.05, 0) is 48.7 Å². The monoisotopic (exact) mass is 463 g/mol. The molecule has 4 aromatic carbocycles. The third kappa shape index (κ3) is 2.82. The van der Waals surface area contributed by atoms with Crippen LogP contribution in [0.3, 0.4) is 0 Å². The molecule has 1 heterocycles. The van der Waals surface area contributed by atoms with E-state index in [1.165, 1.54) is 0 Å². The van der Waals surface area contributed by atoms with E-state index in [0.717, 1.165) is 26.5 Å². The quantitative estimate of drug-likeness (QED) is 0.336. The fourth-order valence-corrected chi connectivity index (χ4v) is 6.85. The molecular weight excluding hydrogens is 445 g/mol. The Balaban J connectivity index is 1.75. The molecule has 0 amide bonds. The van der Waals surface area contributed by atoms with Crippen molar-refractivity contribution in [2.24, 2.45) is 0 Å². The highest BCUT2D eigenvalue weighted by Gasteiger charge is 2.56. The largest absolute Gasteiger partial charge is 0.437 e. The topological polar surface area (TPSA) is 38.3 Å². The van der Waals surface area contributed by atoms with E-state index in [1.807, 2.05) is 91.9 Å². The Morgan fingerprint density at radius 3 is 2.31 bits per heavy atom. The molecule has 0 saturated heterocycles. The summed E-state index contributed by atoms with van der Waals surface area (Å²) in [4.78, 5) is 0. The predicted octanol–water partition coefficient (Wildman–Crippen LogP) is 6.88. The number of hydrogen-bond donors (Lipinski definition) is 1. The number of hydrogen-bond acceptors (Lipinski definition) is 3. The van der Waals surface area contributed by atoms with E-state index in [-0.39, 0.29) is 0 Å². The highest BCUT2D eigenvalue weighted by molar-refractivity contribution is 9.10. The van der Waals surface area contributed by atoms with E-state index in [4.69, 9.17) is 4.52 Å². The molecule has 5 rings (SSSR count). The highest BCUT2D eigenvalue weighted by atomic mass is 79.9. The molecule has 1 unspecified atom stereocenters. The third-order valence-corrected chi connectivity index (χ3v) is 9.02. The Morgan fingerprint density at radius 1 is 0.862 bits per heavy atom. The Hall–Kier alpha value is -2.55. The van der Waals surface area contributed by atoms with Crippen molar-refractivity contribution in [2.75, 3.05) is 5.32 Å². The van der Waals surface area contributed by atoms with Crippen molar-refractivity contribution in [3.63, 3.8) is 0 Å². The number of rotatable bonds is 3. The van der Waals surface area contributed by atoms with Crippen LogP contribution in [0.15, 0.2) is 95.5 Å². The van der Waals surface area contributed by atoms with Gasteiger partial charge in [0.05, 0.1) is 5.30 Å². The minimum atomic E-state index is -3.33. The molecule has 1 N–H and O–H groups in total. The lowest BCUT2D eigenvalue weighted by atomic mass is 10.0. The Morgan fingerprint density at radius 2 is 1.55 bits per heavy atom. The fraction of sp³-hybridized carbons (Fsp3) is 0.0833. The predicted molar refractivity (Wildman–Crippen MR) is 123 cm³/mol. The van der Waals surface area contributed by atoms with Crippen molar-refractivity contribution in [1.29, 1.82) is 0 Å². The molecule has 5 heteroatoms. The molecule has 0 spiro atoms. The summed E-state index contributed by atoms with van der Waals surface area (Å²) in [6.45, 7) is 1.98. The van der Waals surface area contributed by atoms with Gasteiger partial charge in [-0.2, -0.15) is 0 Å². The van der Waals surface area contributed by atoms with Gasteiger partial charge in [0.25, 0.3) is 0 Å². The smallest absolute Gasteiger partial charge is 0.306 e. The Labute approximate surface area is 178 Å². The van der Waals surface area contributed by atoms with E-state index in [2.05, 4.69) is 27.3 Å². The van der Waals surface area contributed by atoms with Crippen molar-refractivity contribution in [1.82, 2.24) is 0 Å². The second-order valence-corrected chi connectivity index (χ2v) is 11.0. The summed E-state index contributed by atoms with van der Waals surface area (Å²) >= 11 is 3.48. The van der Waals surface area contributed by atoms with Crippen molar-refractivity contribution < 1.29 is 9.09 Å². The van der Waals surface area contributed by atoms with Crippen LogP contribution in [0.4, 0.5) is 5.69 Å². The Bertz CT molecular complexity index is 1260. The first-order chi connectivity index (χ1) is 14.0. The highest BCUT2D eigenvalue weighted by Crippen LogP contribution is 2.70. The maximum Gasteiger partial charge on any atom is 0.306 e. The number of halogens is 1. The van der Waals surface area contributed by atoms with Crippen LogP contribution in [0.2, 0.25) is 0 Å². The number of fused-ring (bicyclic) bond motifs is 3. The molecular formula is C24H19BrNO2P. The third-order valence-electron chi connectivity index (χ3n) is 5.54. The maximum atomic E-state index is 14.5. The standard InChI is InChI=1S/C24H19BrNO2P/c1-24(26-19-14-12-18(25)13-15-19)22-16-11-17-7-5-6-10-21(17)23(22)28-29(24,27)20-8-3-2-4-9-20/h2-16,26H,1H3/t24-,29?/m0/s1. The number of nitrogens with one attached hydrogen (secondary N) is 1. The van der Waals surface area contributed by atoms with Crippen LogP contribution in [0.1, 0.15) is 12.5 Å². The molecule has 0 bridgehead atoms. The van der Waals surface area contributed by atoms with E-state index >= 15 is 0 Å². The van der Waals surface area contributed by atoms with Crippen LogP contribution >= 0.6 is 23.3 Å². The maximum absolute atomic E-state index is 14.5. The fourth-order valence-electron chi connectivity index (χ4n) is 3.99. The van der Waals surface area contributed by atoms with Crippen LogP contribution in [0, 0.1) is 0 Å². The SMILES string of the molecule is C[C@@]1(Nc2ccc(Br)cc2)c2ccc3ccccc3c2OP1(=O)c1ccccc1. The lowest BCUT2D eigenvalue weighted by Crippen LogP contribution is -2.33. The molecule has 1 aliphatic rings. The molecule has 0 radical (unpaired) electrons. The van der Waals surface area contributed by atoms with Crippen LogP contribution in [-0.4, -0.2) is 0 Å². The van der Waals surface area contributed by atoms with Gasteiger partial charge in [0.1, 0.15) is 5.75 Å².